The zero-order valence-electron chi connectivity index (χ0n) is 17.2. The highest BCUT2D eigenvalue weighted by Crippen LogP contribution is 2.19. The maximum Gasteiger partial charge on any atom is 0.119 e. The molecule has 2 aromatic carbocycles. The van der Waals surface area contributed by atoms with E-state index in [1.807, 2.05) is 37.4 Å². The van der Waals surface area contributed by atoms with E-state index in [0.717, 1.165) is 44.8 Å². The van der Waals surface area contributed by atoms with Crippen molar-refractivity contribution in [2.24, 2.45) is 5.92 Å². The Morgan fingerprint density at radius 3 is 2.45 bits per heavy atom. The van der Waals surface area contributed by atoms with E-state index in [1.165, 1.54) is 11.1 Å². The normalized spacial score (nSPS) is 16.5. The third-order valence-corrected chi connectivity index (χ3v) is 5.36. The van der Waals surface area contributed by atoms with Gasteiger partial charge in [-0.2, -0.15) is 5.26 Å². The number of piperidine rings is 1. The summed E-state index contributed by atoms with van der Waals surface area (Å²) in [6, 6.07) is 20.7. The summed E-state index contributed by atoms with van der Waals surface area (Å²) in [5, 5.41) is 19.3. The lowest BCUT2D eigenvalue weighted by Gasteiger charge is -2.29. The fourth-order valence-corrected chi connectivity index (χ4v) is 3.73. The zero-order chi connectivity index (χ0) is 20.5. The molecule has 1 fully saturated rings. The Morgan fingerprint density at radius 1 is 1.10 bits per heavy atom. The van der Waals surface area contributed by atoms with Crippen LogP contribution in [-0.4, -0.2) is 54.3 Å². The topological polar surface area (TPSA) is 59.7 Å². The largest absolute Gasteiger partial charge is 0.491 e. The monoisotopic (exact) mass is 393 g/mol. The number of rotatable bonds is 9. The molecule has 0 aliphatic carbocycles. The number of aliphatic hydroxyl groups excluding tert-OH is 1. The second-order valence-corrected chi connectivity index (χ2v) is 7.97. The van der Waals surface area contributed by atoms with Gasteiger partial charge in [0.15, 0.2) is 0 Å². The van der Waals surface area contributed by atoms with Gasteiger partial charge in [-0.3, -0.25) is 9.80 Å². The Labute approximate surface area is 174 Å². The first kappa shape index (κ1) is 21.3. The minimum atomic E-state index is -0.537. The van der Waals surface area contributed by atoms with Crippen LogP contribution >= 0.6 is 0 Å². The van der Waals surface area contributed by atoms with Crippen molar-refractivity contribution in [1.29, 1.82) is 5.26 Å². The molecular weight excluding hydrogens is 362 g/mol. The second-order valence-electron chi connectivity index (χ2n) is 7.97. The van der Waals surface area contributed by atoms with E-state index in [2.05, 4.69) is 40.1 Å². The van der Waals surface area contributed by atoms with Crippen LogP contribution in [0.2, 0.25) is 0 Å². The lowest BCUT2D eigenvalue weighted by atomic mass is 9.98. The van der Waals surface area contributed by atoms with Crippen LogP contribution in [-0.2, 0) is 13.1 Å². The van der Waals surface area contributed by atoms with Crippen LogP contribution in [0.15, 0.2) is 54.6 Å². The number of hydrogen-bond donors (Lipinski definition) is 1. The molecule has 1 atom stereocenters. The molecule has 0 amide bonds. The minimum Gasteiger partial charge on any atom is -0.491 e. The minimum absolute atomic E-state index is 0.222. The molecule has 154 valence electrons. The van der Waals surface area contributed by atoms with Gasteiger partial charge in [0.2, 0.25) is 0 Å². The van der Waals surface area contributed by atoms with Crippen LogP contribution in [0, 0.1) is 17.2 Å². The molecule has 0 aromatic heterocycles. The van der Waals surface area contributed by atoms with E-state index < -0.39 is 6.10 Å². The Bertz CT molecular complexity index is 765. The Morgan fingerprint density at radius 2 is 1.79 bits per heavy atom. The number of aliphatic hydroxyl groups is 1. The van der Waals surface area contributed by atoms with Gasteiger partial charge in [0.05, 0.1) is 6.07 Å². The molecule has 29 heavy (non-hydrogen) atoms. The van der Waals surface area contributed by atoms with Crippen molar-refractivity contribution in [2.75, 3.05) is 33.3 Å². The zero-order valence-corrected chi connectivity index (χ0v) is 17.2. The predicted molar refractivity (Wildman–Crippen MR) is 114 cm³/mol. The fourth-order valence-electron chi connectivity index (χ4n) is 3.73. The van der Waals surface area contributed by atoms with Gasteiger partial charge in [0.1, 0.15) is 18.5 Å². The highest BCUT2D eigenvalue weighted by atomic mass is 16.5. The average Bonchev–Trinajstić information content (AvgIpc) is 2.74. The average molecular weight is 394 g/mol. The van der Waals surface area contributed by atoms with Gasteiger partial charge < -0.3 is 9.84 Å². The van der Waals surface area contributed by atoms with Crippen molar-refractivity contribution < 1.29 is 9.84 Å². The van der Waals surface area contributed by atoms with Gasteiger partial charge >= 0.3 is 0 Å². The lowest BCUT2D eigenvalue weighted by Crippen LogP contribution is -2.33. The molecule has 0 unspecified atom stereocenters. The summed E-state index contributed by atoms with van der Waals surface area (Å²) < 4.78 is 5.77. The van der Waals surface area contributed by atoms with Crippen molar-refractivity contribution in [3.8, 4) is 11.8 Å². The summed E-state index contributed by atoms with van der Waals surface area (Å²) in [5.74, 6) is 1.00. The molecule has 5 heteroatoms. The third-order valence-electron chi connectivity index (χ3n) is 5.36. The highest BCUT2D eigenvalue weighted by molar-refractivity contribution is 5.27. The van der Waals surface area contributed by atoms with Crippen molar-refractivity contribution >= 4 is 0 Å². The van der Waals surface area contributed by atoms with Crippen molar-refractivity contribution in [2.45, 2.75) is 32.0 Å². The van der Waals surface area contributed by atoms with Gasteiger partial charge in [0, 0.05) is 25.6 Å². The number of likely N-dealkylation sites (tertiary alicyclic amines) is 1. The van der Waals surface area contributed by atoms with Crippen molar-refractivity contribution in [3.05, 3.63) is 65.7 Å². The van der Waals surface area contributed by atoms with E-state index in [0.29, 0.717) is 6.54 Å². The summed E-state index contributed by atoms with van der Waals surface area (Å²) in [7, 11) is 2.00. The van der Waals surface area contributed by atoms with Crippen LogP contribution in [0.5, 0.6) is 5.75 Å². The first-order chi connectivity index (χ1) is 14.1. The number of nitriles is 1. The first-order valence-electron chi connectivity index (χ1n) is 10.4. The summed E-state index contributed by atoms with van der Waals surface area (Å²) in [5.41, 5.74) is 2.48. The van der Waals surface area contributed by atoms with Crippen molar-refractivity contribution in [1.82, 2.24) is 9.80 Å². The molecule has 0 spiro atoms. The van der Waals surface area contributed by atoms with E-state index in [-0.39, 0.29) is 12.5 Å². The maximum absolute atomic E-state index is 10.3. The first-order valence-corrected chi connectivity index (χ1v) is 10.4. The van der Waals surface area contributed by atoms with Crippen LogP contribution in [0.4, 0.5) is 0 Å². The van der Waals surface area contributed by atoms with Crippen molar-refractivity contribution in [3.63, 3.8) is 0 Å². The maximum atomic E-state index is 10.3. The standard InChI is InChI=1S/C24H31N3O2/c1-26(16-21-5-3-2-4-6-21)18-23(28)19-29-24-9-7-22(8-10-24)17-27-13-11-20(15-25)12-14-27/h2-10,20,23,28H,11-14,16-19H2,1H3/t23-/m1/s1. The molecule has 0 bridgehead atoms. The lowest BCUT2D eigenvalue weighted by molar-refractivity contribution is 0.0744. The number of likely N-dealkylation sites (N-methyl/N-ethyl adjacent to an activating group) is 1. The van der Waals surface area contributed by atoms with Gasteiger partial charge in [-0.15, -0.1) is 0 Å². The molecule has 1 N–H and O–H groups in total. The van der Waals surface area contributed by atoms with Crippen LogP contribution in [0.25, 0.3) is 0 Å². The number of nitrogens with zero attached hydrogens (tertiary/aromatic N) is 3. The summed E-state index contributed by atoms with van der Waals surface area (Å²) >= 11 is 0. The van der Waals surface area contributed by atoms with Gasteiger partial charge in [0.25, 0.3) is 0 Å². The Balaban J connectivity index is 1.37. The third kappa shape index (κ3) is 7.17. The van der Waals surface area contributed by atoms with Gasteiger partial charge in [-0.1, -0.05) is 42.5 Å². The second kappa shape index (κ2) is 11.0. The number of ether oxygens (including phenoxy) is 1. The molecule has 1 aliphatic rings. The van der Waals surface area contributed by atoms with E-state index >= 15 is 0 Å². The smallest absolute Gasteiger partial charge is 0.119 e. The Hall–Kier alpha value is -2.39. The SMILES string of the molecule is CN(Cc1ccccc1)C[C@@H](O)COc1ccc(CN2CCC(C#N)CC2)cc1. The van der Waals surface area contributed by atoms with Gasteiger partial charge in [-0.25, -0.2) is 0 Å². The quantitative estimate of drug-likeness (QED) is 0.708. The summed E-state index contributed by atoms with van der Waals surface area (Å²) in [4.78, 5) is 4.50. The summed E-state index contributed by atoms with van der Waals surface area (Å²) in [6.07, 6.45) is 1.40. The highest BCUT2D eigenvalue weighted by Gasteiger charge is 2.18. The Kier molecular flexibility index (Phi) is 8.06. The molecule has 5 nitrogen and oxygen atoms in total. The summed E-state index contributed by atoms with van der Waals surface area (Å²) in [6.45, 7) is 4.52. The van der Waals surface area contributed by atoms with Gasteiger partial charge in [-0.05, 0) is 56.2 Å². The predicted octanol–water partition coefficient (Wildman–Crippen LogP) is 3.29. The molecule has 2 aromatic rings. The van der Waals surface area contributed by atoms with Crippen LogP contribution in [0.1, 0.15) is 24.0 Å². The molecule has 3 rings (SSSR count). The van der Waals surface area contributed by atoms with Crippen LogP contribution in [0.3, 0.4) is 0 Å². The molecular formula is C24H31N3O2. The fraction of sp³-hybridized carbons (Fsp3) is 0.458. The van der Waals surface area contributed by atoms with Crippen LogP contribution < -0.4 is 4.74 Å². The van der Waals surface area contributed by atoms with E-state index in [1.54, 1.807) is 0 Å². The molecule has 1 heterocycles. The molecule has 1 saturated heterocycles. The van der Waals surface area contributed by atoms with E-state index in [4.69, 9.17) is 10.00 Å². The molecule has 0 radical (unpaired) electrons. The molecule has 1 aliphatic heterocycles. The number of benzene rings is 2. The molecule has 0 saturated carbocycles. The van der Waals surface area contributed by atoms with E-state index in [9.17, 15) is 5.11 Å². The number of hydrogen-bond acceptors (Lipinski definition) is 5.